The van der Waals surface area contributed by atoms with Gasteiger partial charge < -0.3 is 10.1 Å². The van der Waals surface area contributed by atoms with E-state index in [-0.39, 0.29) is 0 Å². The second-order valence-electron chi connectivity index (χ2n) is 5.06. The monoisotopic (exact) mass is 269 g/mol. The number of aryl methyl sites for hydroxylation is 2. The highest BCUT2D eigenvalue weighted by Crippen LogP contribution is 2.24. The van der Waals surface area contributed by atoms with E-state index in [0.29, 0.717) is 6.61 Å². The van der Waals surface area contributed by atoms with Crippen molar-refractivity contribution in [2.75, 3.05) is 6.54 Å². The number of rotatable bonds is 6. The van der Waals surface area contributed by atoms with Crippen LogP contribution in [-0.4, -0.2) is 6.54 Å². The van der Waals surface area contributed by atoms with E-state index in [1.807, 2.05) is 0 Å². The molecule has 0 bridgehead atoms. The van der Waals surface area contributed by atoms with E-state index in [2.05, 4.69) is 68.6 Å². The summed E-state index contributed by atoms with van der Waals surface area (Å²) in [6.07, 6.45) is 0. The first-order valence-electron chi connectivity index (χ1n) is 7.19. The highest BCUT2D eigenvalue weighted by molar-refractivity contribution is 5.41. The number of nitrogens with one attached hydrogen (secondary N) is 1. The lowest BCUT2D eigenvalue weighted by Crippen LogP contribution is -2.13. The van der Waals surface area contributed by atoms with Crippen molar-refractivity contribution in [1.29, 1.82) is 0 Å². The molecule has 0 unspecified atom stereocenters. The van der Waals surface area contributed by atoms with Crippen molar-refractivity contribution >= 4 is 0 Å². The molecule has 2 heteroatoms. The first kappa shape index (κ1) is 14.6. The molecule has 2 rings (SSSR count). The molecule has 106 valence electrons. The number of benzene rings is 2. The fraction of sp³-hybridized carbons (Fsp3) is 0.333. The summed E-state index contributed by atoms with van der Waals surface area (Å²) in [5, 5.41) is 3.36. The Hall–Kier alpha value is -1.80. The Kier molecular flexibility index (Phi) is 5.19. The summed E-state index contributed by atoms with van der Waals surface area (Å²) in [7, 11) is 0. The van der Waals surface area contributed by atoms with Crippen LogP contribution in [0.5, 0.6) is 5.75 Å². The van der Waals surface area contributed by atoms with Gasteiger partial charge in [0.15, 0.2) is 0 Å². The molecular formula is C18H23NO. The molecule has 0 saturated carbocycles. The largest absolute Gasteiger partial charge is 0.488 e. The molecule has 0 atom stereocenters. The van der Waals surface area contributed by atoms with Crippen LogP contribution in [-0.2, 0) is 13.2 Å². The molecule has 0 heterocycles. The van der Waals surface area contributed by atoms with Crippen LogP contribution < -0.4 is 10.1 Å². The summed E-state index contributed by atoms with van der Waals surface area (Å²) < 4.78 is 6.09. The second-order valence-corrected chi connectivity index (χ2v) is 5.06. The van der Waals surface area contributed by atoms with Crippen LogP contribution in [0.25, 0.3) is 0 Å². The molecule has 0 aliphatic heterocycles. The van der Waals surface area contributed by atoms with Crippen LogP contribution >= 0.6 is 0 Å². The first-order valence-corrected chi connectivity index (χ1v) is 7.19. The summed E-state index contributed by atoms with van der Waals surface area (Å²) in [6.45, 7) is 8.77. The maximum Gasteiger partial charge on any atom is 0.127 e. The van der Waals surface area contributed by atoms with E-state index >= 15 is 0 Å². The molecule has 0 fully saturated rings. The minimum atomic E-state index is 0.622. The van der Waals surface area contributed by atoms with Gasteiger partial charge in [-0.1, -0.05) is 49.4 Å². The van der Waals surface area contributed by atoms with Gasteiger partial charge in [0, 0.05) is 12.1 Å². The van der Waals surface area contributed by atoms with Crippen molar-refractivity contribution in [1.82, 2.24) is 5.32 Å². The predicted octanol–water partition coefficient (Wildman–Crippen LogP) is 3.99. The molecule has 0 saturated heterocycles. The number of ether oxygens (including phenoxy) is 1. The molecular weight excluding hydrogens is 246 g/mol. The van der Waals surface area contributed by atoms with E-state index in [9.17, 15) is 0 Å². The van der Waals surface area contributed by atoms with Crippen LogP contribution in [0, 0.1) is 13.8 Å². The van der Waals surface area contributed by atoms with E-state index in [0.717, 1.165) is 18.8 Å². The fourth-order valence-corrected chi connectivity index (χ4v) is 2.24. The SMILES string of the molecule is CCNCc1cccc(C)c1OCc1ccccc1C. The van der Waals surface area contributed by atoms with E-state index in [4.69, 9.17) is 4.74 Å². The Balaban J connectivity index is 2.14. The Morgan fingerprint density at radius 1 is 0.900 bits per heavy atom. The van der Waals surface area contributed by atoms with Crippen LogP contribution in [0.4, 0.5) is 0 Å². The summed E-state index contributed by atoms with van der Waals surface area (Å²) in [5.74, 6) is 1.01. The van der Waals surface area contributed by atoms with Gasteiger partial charge in [0.1, 0.15) is 12.4 Å². The number of hydrogen-bond donors (Lipinski definition) is 1. The topological polar surface area (TPSA) is 21.3 Å². The summed E-state index contributed by atoms with van der Waals surface area (Å²) >= 11 is 0. The summed E-state index contributed by atoms with van der Waals surface area (Å²) in [6, 6.07) is 14.7. The molecule has 0 radical (unpaired) electrons. The molecule has 20 heavy (non-hydrogen) atoms. The Labute approximate surface area is 121 Å². The lowest BCUT2D eigenvalue weighted by molar-refractivity contribution is 0.299. The summed E-state index contributed by atoms with van der Waals surface area (Å²) in [4.78, 5) is 0. The van der Waals surface area contributed by atoms with Gasteiger partial charge in [-0.3, -0.25) is 0 Å². The number of hydrogen-bond acceptors (Lipinski definition) is 2. The second kappa shape index (κ2) is 7.11. The van der Waals surface area contributed by atoms with Gasteiger partial charge in [0.05, 0.1) is 0 Å². The van der Waals surface area contributed by atoms with Gasteiger partial charge in [-0.15, -0.1) is 0 Å². The van der Waals surface area contributed by atoms with Crippen LogP contribution in [0.2, 0.25) is 0 Å². The zero-order chi connectivity index (χ0) is 14.4. The maximum atomic E-state index is 6.09. The van der Waals surface area contributed by atoms with Gasteiger partial charge in [0.25, 0.3) is 0 Å². The zero-order valence-electron chi connectivity index (χ0n) is 12.6. The normalized spacial score (nSPS) is 10.6. The quantitative estimate of drug-likeness (QED) is 0.856. The molecule has 0 amide bonds. The highest BCUT2D eigenvalue weighted by atomic mass is 16.5. The predicted molar refractivity (Wildman–Crippen MR) is 84.1 cm³/mol. The third-order valence-electron chi connectivity index (χ3n) is 3.49. The van der Waals surface area contributed by atoms with Crippen molar-refractivity contribution in [3.8, 4) is 5.75 Å². The van der Waals surface area contributed by atoms with Crippen LogP contribution in [0.3, 0.4) is 0 Å². The molecule has 0 aromatic heterocycles. The molecule has 0 aliphatic rings. The molecule has 2 aromatic carbocycles. The van der Waals surface area contributed by atoms with Gasteiger partial charge >= 0.3 is 0 Å². The van der Waals surface area contributed by atoms with Crippen molar-refractivity contribution in [2.45, 2.75) is 33.9 Å². The van der Waals surface area contributed by atoms with Crippen molar-refractivity contribution in [2.24, 2.45) is 0 Å². The van der Waals surface area contributed by atoms with Gasteiger partial charge in [-0.25, -0.2) is 0 Å². The molecule has 2 nitrogen and oxygen atoms in total. The lowest BCUT2D eigenvalue weighted by atomic mass is 10.1. The Bertz CT molecular complexity index is 563. The molecule has 2 aromatic rings. The van der Waals surface area contributed by atoms with E-state index in [1.54, 1.807) is 0 Å². The minimum Gasteiger partial charge on any atom is -0.488 e. The van der Waals surface area contributed by atoms with Gasteiger partial charge in [-0.2, -0.15) is 0 Å². The standard InChI is InChI=1S/C18H23NO/c1-4-19-12-16-11-7-9-15(3)18(16)20-13-17-10-6-5-8-14(17)2/h5-11,19H,4,12-13H2,1-3H3. The van der Waals surface area contributed by atoms with Gasteiger partial charge in [0.2, 0.25) is 0 Å². The zero-order valence-corrected chi connectivity index (χ0v) is 12.6. The third-order valence-corrected chi connectivity index (χ3v) is 3.49. The number of para-hydroxylation sites is 1. The first-order chi connectivity index (χ1) is 9.72. The maximum absolute atomic E-state index is 6.09. The van der Waals surface area contributed by atoms with E-state index in [1.165, 1.54) is 22.3 Å². The van der Waals surface area contributed by atoms with Crippen molar-refractivity contribution < 1.29 is 4.74 Å². The average Bonchev–Trinajstić information content (AvgIpc) is 2.45. The van der Waals surface area contributed by atoms with Gasteiger partial charge in [-0.05, 0) is 37.1 Å². The molecule has 1 N–H and O–H groups in total. The van der Waals surface area contributed by atoms with Crippen molar-refractivity contribution in [3.05, 3.63) is 64.7 Å². The third kappa shape index (κ3) is 3.61. The van der Waals surface area contributed by atoms with Crippen LogP contribution in [0.15, 0.2) is 42.5 Å². The lowest BCUT2D eigenvalue weighted by Gasteiger charge is -2.15. The molecule has 0 spiro atoms. The van der Waals surface area contributed by atoms with Crippen molar-refractivity contribution in [3.63, 3.8) is 0 Å². The smallest absolute Gasteiger partial charge is 0.127 e. The Morgan fingerprint density at radius 2 is 1.60 bits per heavy atom. The fourth-order valence-electron chi connectivity index (χ4n) is 2.24. The highest BCUT2D eigenvalue weighted by Gasteiger charge is 2.07. The Morgan fingerprint density at radius 3 is 2.35 bits per heavy atom. The summed E-state index contributed by atoms with van der Waals surface area (Å²) in [5.41, 5.74) is 4.92. The average molecular weight is 269 g/mol. The minimum absolute atomic E-state index is 0.622. The van der Waals surface area contributed by atoms with Crippen LogP contribution in [0.1, 0.15) is 29.2 Å². The molecule has 0 aliphatic carbocycles. The van der Waals surface area contributed by atoms with E-state index < -0.39 is 0 Å².